The van der Waals surface area contributed by atoms with Crippen LogP contribution < -0.4 is 3.22 Å². The fraction of sp³-hybridized carbons (Fsp3) is 0.125. The van der Waals surface area contributed by atoms with E-state index in [1.807, 2.05) is 19.1 Å². The van der Waals surface area contributed by atoms with Crippen LogP contribution in [-0.2, 0) is 0 Å². The van der Waals surface area contributed by atoms with E-state index in [9.17, 15) is 0 Å². The maximum Gasteiger partial charge on any atom is 0.0859 e. The molecule has 1 aromatic rings. The molecule has 0 bridgehead atoms. The molecule has 0 unspecified atom stereocenters. The molecule has 12 heavy (non-hydrogen) atoms. The van der Waals surface area contributed by atoms with Gasteiger partial charge < -0.3 is 0 Å². The highest BCUT2D eigenvalue weighted by Gasteiger charge is 2.10. The van der Waals surface area contributed by atoms with Crippen LogP contribution >= 0.6 is 22.9 Å². The standard InChI is InChI=1S/C8H6IN3/c1-6-7-2-5-11-12(9)8(7)3-4-10-6/h2-4H,1H3. The molecule has 0 amide bonds. The summed E-state index contributed by atoms with van der Waals surface area (Å²) < 4.78 is 1.77. The highest BCUT2D eigenvalue weighted by atomic mass is 127. The van der Waals surface area contributed by atoms with Crippen LogP contribution in [0.25, 0.3) is 6.08 Å². The van der Waals surface area contributed by atoms with Gasteiger partial charge in [-0.25, -0.2) is 0 Å². The SMILES string of the molecule is Cc1nccc2c1C=C=NN2I. The minimum atomic E-state index is 1.01. The molecule has 2 rings (SSSR count). The van der Waals surface area contributed by atoms with Crippen LogP contribution in [0.5, 0.6) is 0 Å². The van der Waals surface area contributed by atoms with Gasteiger partial charge in [-0.2, -0.15) is 3.22 Å². The Bertz CT molecular complexity index is 380. The van der Waals surface area contributed by atoms with Crippen LogP contribution in [0.15, 0.2) is 17.4 Å². The van der Waals surface area contributed by atoms with Gasteiger partial charge in [0.05, 0.1) is 28.6 Å². The largest absolute Gasteiger partial charge is 0.261 e. The number of hydrogen-bond acceptors (Lipinski definition) is 3. The molecule has 0 atom stereocenters. The molecule has 0 radical (unpaired) electrons. The van der Waals surface area contributed by atoms with Crippen molar-refractivity contribution < 1.29 is 0 Å². The molecule has 0 saturated carbocycles. The molecule has 1 aromatic heterocycles. The molecule has 2 heterocycles. The normalized spacial score (nSPS) is 13.3. The maximum atomic E-state index is 4.18. The molecular weight excluding hydrogens is 265 g/mol. The van der Waals surface area contributed by atoms with Gasteiger partial charge in [0, 0.05) is 29.4 Å². The predicted octanol–water partition coefficient (Wildman–Crippen LogP) is 2.16. The Kier molecular flexibility index (Phi) is 1.86. The molecule has 0 aliphatic carbocycles. The number of fused-ring (bicyclic) bond motifs is 1. The summed E-state index contributed by atoms with van der Waals surface area (Å²) in [5.41, 5.74) is 3.18. The highest BCUT2D eigenvalue weighted by Crippen LogP contribution is 2.27. The lowest BCUT2D eigenvalue weighted by Gasteiger charge is -2.14. The highest BCUT2D eigenvalue weighted by molar-refractivity contribution is 14.1. The summed E-state index contributed by atoms with van der Waals surface area (Å²) in [6, 6.07) is 1.94. The van der Waals surface area contributed by atoms with Gasteiger partial charge >= 0.3 is 0 Å². The van der Waals surface area contributed by atoms with Crippen LogP contribution in [0.4, 0.5) is 5.69 Å². The fourth-order valence-corrected chi connectivity index (χ4v) is 1.65. The lowest BCUT2D eigenvalue weighted by atomic mass is 10.1. The summed E-state index contributed by atoms with van der Waals surface area (Å²) in [5, 5.41) is 4.00. The van der Waals surface area contributed by atoms with E-state index in [2.05, 4.69) is 38.8 Å². The Morgan fingerprint density at radius 2 is 2.42 bits per heavy atom. The first-order valence-electron chi connectivity index (χ1n) is 3.50. The number of aryl methyl sites for hydroxylation is 1. The lowest BCUT2D eigenvalue weighted by Crippen LogP contribution is -2.05. The summed E-state index contributed by atoms with van der Waals surface area (Å²) >= 11 is 2.12. The van der Waals surface area contributed by atoms with Crippen molar-refractivity contribution in [2.45, 2.75) is 6.92 Å². The first kappa shape index (κ1) is 7.76. The number of hydrazone groups is 1. The Morgan fingerprint density at radius 1 is 1.58 bits per heavy atom. The number of anilines is 1. The van der Waals surface area contributed by atoms with Gasteiger partial charge in [-0.15, -0.1) is 5.10 Å². The van der Waals surface area contributed by atoms with E-state index in [1.165, 1.54) is 0 Å². The Morgan fingerprint density at radius 3 is 3.17 bits per heavy atom. The van der Waals surface area contributed by atoms with Gasteiger partial charge in [0.15, 0.2) is 0 Å². The summed E-state index contributed by atoms with van der Waals surface area (Å²) in [4.78, 5) is 4.18. The van der Waals surface area contributed by atoms with Gasteiger partial charge in [0.1, 0.15) is 0 Å². The van der Waals surface area contributed by atoms with E-state index >= 15 is 0 Å². The minimum absolute atomic E-state index is 1.01. The Labute approximate surface area is 84.3 Å². The zero-order valence-electron chi connectivity index (χ0n) is 6.45. The van der Waals surface area contributed by atoms with Crippen LogP contribution in [0.3, 0.4) is 0 Å². The average molecular weight is 271 g/mol. The quantitative estimate of drug-likeness (QED) is 0.534. The van der Waals surface area contributed by atoms with Crippen molar-refractivity contribution in [1.82, 2.24) is 4.98 Å². The number of nitrogens with zero attached hydrogens (tertiary/aromatic N) is 3. The zero-order chi connectivity index (χ0) is 8.55. The third-order valence-corrected chi connectivity index (χ3v) is 2.46. The van der Waals surface area contributed by atoms with E-state index in [1.54, 1.807) is 9.42 Å². The summed E-state index contributed by atoms with van der Waals surface area (Å²) in [6.07, 6.45) is 3.64. The van der Waals surface area contributed by atoms with Crippen LogP contribution in [0, 0.1) is 6.92 Å². The molecule has 0 saturated heterocycles. The van der Waals surface area contributed by atoms with E-state index in [4.69, 9.17) is 0 Å². The second kappa shape index (κ2) is 2.88. The fourth-order valence-electron chi connectivity index (χ4n) is 1.10. The van der Waals surface area contributed by atoms with Crippen molar-refractivity contribution in [2.75, 3.05) is 3.22 Å². The number of hydrogen-bond donors (Lipinski definition) is 0. The van der Waals surface area contributed by atoms with E-state index < -0.39 is 0 Å². The topological polar surface area (TPSA) is 28.5 Å². The molecule has 0 N–H and O–H groups in total. The Hall–Kier alpha value is -0.870. The van der Waals surface area contributed by atoms with Crippen molar-refractivity contribution in [3.8, 4) is 0 Å². The smallest absolute Gasteiger partial charge is 0.0859 e. The number of aromatic nitrogens is 1. The molecule has 4 heteroatoms. The van der Waals surface area contributed by atoms with Gasteiger partial charge in [0.2, 0.25) is 0 Å². The van der Waals surface area contributed by atoms with Crippen molar-refractivity contribution >= 4 is 40.5 Å². The lowest BCUT2D eigenvalue weighted by molar-refractivity contribution is 1.15. The van der Waals surface area contributed by atoms with E-state index in [0.717, 1.165) is 16.9 Å². The zero-order valence-corrected chi connectivity index (χ0v) is 8.61. The first-order valence-corrected chi connectivity index (χ1v) is 4.46. The van der Waals surface area contributed by atoms with Crippen LogP contribution in [-0.4, -0.2) is 10.9 Å². The van der Waals surface area contributed by atoms with Gasteiger partial charge in [0.25, 0.3) is 0 Å². The third-order valence-electron chi connectivity index (χ3n) is 1.72. The number of pyridine rings is 1. The van der Waals surface area contributed by atoms with Gasteiger partial charge in [-0.3, -0.25) is 4.98 Å². The average Bonchev–Trinajstić information content (AvgIpc) is 2.07. The second-order valence-electron chi connectivity index (χ2n) is 2.46. The van der Waals surface area contributed by atoms with Crippen molar-refractivity contribution in [1.29, 1.82) is 0 Å². The van der Waals surface area contributed by atoms with Gasteiger partial charge in [-0.1, -0.05) is 0 Å². The maximum absolute atomic E-state index is 4.18. The van der Waals surface area contributed by atoms with E-state index in [-0.39, 0.29) is 0 Å². The molecule has 1 aliphatic rings. The van der Waals surface area contributed by atoms with Gasteiger partial charge in [-0.05, 0) is 13.0 Å². The first-order chi connectivity index (χ1) is 5.79. The summed E-state index contributed by atoms with van der Waals surface area (Å²) in [6.45, 7) is 1.98. The summed E-state index contributed by atoms with van der Waals surface area (Å²) in [7, 11) is 0. The second-order valence-corrected chi connectivity index (χ2v) is 3.38. The minimum Gasteiger partial charge on any atom is -0.261 e. The van der Waals surface area contributed by atoms with Crippen LogP contribution in [0.1, 0.15) is 11.3 Å². The van der Waals surface area contributed by atoms with Crippen molar-refractivity contribution in [3.05, 3.63) is 23.5 Å². The molecule has 3 nitrogen and oxygen atoms in total. The van der Waals surface area contributed by atoms with Crippen molar-refractivity contribution in [2.24, 2.45) is 5.10 Å². The Balaban J connectivity index is 2.70. The molecule has 0 fully saturated rings. The molecule has 60 valence electrons. The number of halogens is 1. The molecule has 0 aromatic carbocycles. The van der Waals surface area contributed by atoms with E-state index in [0.29, 0.717) is 0 Å². The molecule has 1 aliphatic heterocycles. The predicted molar refractivity (Wildman–Crippen MR) is 57.4 cm³/mol. The van der Waals surface area contributed by atoms with Crippen LogP contribution in [0.2, 0.25) is 0 Å². The molecule has 0 spiro atoms. The molecular formula is C8H6IN3. The third kappa shape index (κ3) is 1.13. The summed E-state index contributed by atoms with van der Waals surface area (Å²) in [5.74, 6) is 2.81. The monoisotopic (exact) mass is 271 g/mol. The number of rotatable bonds is 0. The van der Waals surface area contributed by atoms with Crippen molar-refractivity contribution in [3.63, 3.8) is 0 Å².